The molecule has 0 aliphatic carbocycles. The van der Waals surface area contributed by atoms with Crippen molar-refractivity contribution in [2.24, 2.45) is 10.7 Å². The van der Waals surface area contributed by atoms with Crippen molar-refractivity contribution in [3.8, 4) is 5.75 Å². The lowest BCUT2D eigenvalue weighted by atomic mass is 10.1. The van der Waals surface area contributed by atoms with Crippen LogP contribution in [0.25, 0.3) is 0 Å². The van der Waals surface area contributed by atoms with Crippen LogP contribution in [0.4, 0.5) is 0 Å². The number of hydrogen-bond acceptors (Lipinski definition) is 3. The lowest BCUT2D eigenvalue weighted by Crippen LogP contribution is -2.09. The molecule has 0 heterocycles. The van der Waals surface area contributed by atoms with E-state index >= 15 is 0 Å². The van der Waals surface area contributed by atoms with E-state index in [1.165, 1.54) is 11.1 Å². The second-order valence-electron chi connectivity index (χ2n) is 4.69. The number of ether oxygens (including phenoxy) is 1. The van der Waals surface area contributed by atoms with Gasteiger partial charge in [-0.3, -0.25) is 4.99 Å². The van der Waals surface area contributed by atoms with Crippen LogP contribution in [-0.4, -0.2) is 12.3 Å². The van der Waals surface area contributed by atoms with E-state index in [4.69, 9.17) is 10.5 Å². The summed E-state index contributed by atoms with van der Waals surface area (Å²) in [7, 11) is 1.67. The molecule has 110 valence electrons. The van der Waals surface area contributed by atoms with Crippen molar-refractivity contribution in [1.82, 2.24) is 0 Å². The van der Waals surface area contributed by atoms with E-state index in [9.17, 15) is 0 Å². The summed E-state index contributed by atoms with van der Waals surface area (Å²) in [5.41, 5.74) is 8.35. The van der Waals surface area contributed by atoms with E-state index in [0.717, 1.165) is 11.5 Å². The summed E-state index contributed by atoms with van der Waals surface area (Å²) in [6.45, 7) is 2.05. The highest BCUT2D eigenvalue weighted by atomic mass is 32.2. The van der Waals surface area contributed by atoms with Crippen LogP contribution >= 0.6 is 11.8 Å². The van der Waals surface area contributed by atoms with E-state index in [0.29, 0.717) is 5.17 Å². The second-order valence-corrected chi connectivity index (χ2v) is 5.69. The average molecular weight is 300 g/mol. The molecule has 0 aliphatic heterocycles. The Kier molecular flexibility index (Phi) is 5.69. The molecule has 2 aromatic carbocycles. The van der Waals surface area contributed by atoms with Gasteiger partial charge in [0, 0.05) is 5.75 Å². The maximum atomic E-state index is 6.01. The van der Waals surface area contributed by atoms with Gasteiger partial charge in [0.25, 0.3) is 0 Å². The molecule has 21 heavy (non-hydrogen) atoms. The van der Waals surface area contributed by atoms with Crippen molar-refractivity contribution in [1.29, 1.82) is 0 Å². The van der Waals surface area contributed by atoms with Crippen LogP contribution in [0, 0.1) is 0 Å². The Labute approximate surface area is 130 Å². The fraction of sp³-hybridized carbons (Fsp3) is 0.235. The average Bonchev–Trinajstić information content (AvgIpc) is 2.54. The van der Waals surface area contributed by atoms with Crippen LogP contribution in [0.15, 0.2) is 59.6 Å². The molecule has 2 N–H and O–H groups in total. The molecule has 1 atom stereocenters. The summed E-state index contributed by atoms with van der Waals surface area (Å²) in [6, 6.07) is 18.2. The molecule has 0 saturated carbocycles. The summed E-state index contributed by atoms with van der Waals surface area (Å²) in [6.07, 6.45) is 0. The molecule has 0 aliphatic rings. The molecule has 2 aromatic rings. The van der Waals surface area contributed by atoms with Crippen LogP contribution in [0.2, 0.25) is 0 Å². The monoisotopic (exact) mass is 300 g/mol. The molecule has 3 nitrogen and oxygen atoms in total. The normalized spacial score (nSPS) is 13.0. The third-order valence-corrected chi connectivity index (χ3v) is 4.00. The number of methoxy groups -OCH3 is 1. The van der Waals surface area contributed by atoms with Gasteiger partial charge in [0.05, 0.1) is 13.2 Å². The van der Waals surface area contributed by atoms with Crippen LogP contribution < -0.4 is 10.5 Å². The molecule has 0 saturated heterocycles. The molecule has 0 aromatic heterocycles. The molecule has 0 bridgehead atoms. The molecule has 0 spiro atoms. The topological polar surface area (TPSA) is 47.6 Å². The summed E-state index contributed by atoms with van der Waals surface area (Å²) in [5.74, 6) is 1.65. The zero-order chi connectivity index (χ0) is 15.1. The van der Waals surface area contributed by atoms with Gasteiger partial charge in [-0.1, -0.05) is 54.2 Å². The van der Waals surface area contributed by atoms with Crippen molar-refractivity contribution in [3.63, 3.8) is 0 Å². The lowest BCUT2D eigenvalue weighted by molar-refractivity contribution is 0.414. The fourth-order valence-corrected chi connectivity index (χ4v) is 2.68. The molecule has 4 heteroatoms. The number of rotatable bonds is 5. The minimum absolute atomic E-state index is 0.0732. The highest BCUT2D eigenvalue weighted by Crippen LogP contribution is 2.21. The van der Waals surface area contributed by atoms with Crippen molar-refractivity contribution >= 4 is 16.9 Å². The quantitative estimate of drug-likeness (QED) is 0.670. The predicted octanol–water partition coefficient (Wildman–Crippen LogP) is 4.00. The summed E-state index contributed by atoms with van der Waals surface area (Å²) < 4.78 is 5.21. The van der Waals surface area contributed by atoms with Crippen molar-refractivity contribution < 1.29 is 4.74 Å². The Morgan fingerprint density at radius 2 is 1.95 bits per heavy atom. The number of aliphatic imine (C=N–C) groups is 1. The zero-order valence-corrected chi connectivity index (χ0v) is 13.1. The van der Waals surface area contributed by atoms with E-state index in [1.54, 1.807) is 18.9 Å². The molecular weight excluding hydrogens is 280 g/mol. The summed E-state index contributed by atoms with van der Waals surface area (Å²) in [5, 5.41) is 0.606. The molecule has 0 amide bonds. The fourth-order valence-electron chi connectivity index (χ4n) is 1.95. The zero-order valence-electron chi connectivity index (χ0n) is 12.3. The molecule has 0 radical (unpaired) electrons. The van der Waals surface area contributed by atoms with Gasteiger partial charge in [-0.15, -0.1) is 0 Å². The highest BCUT2D eigenvalue weighted by molar-refractivity contribution is 8.13. The first kappa shape index (κ1) is 15.4. The first-order valence-corrected chi connectivity index (χ1v) is 7.81. The van der Waals surface area contributed by atoms with Gasteiger partial charge >= 0.3 is 0 Å². The Balaban J connectivity index is 1.94. The number of benzene rings is 2. The van der Waals surface area contributed by atoms with E-state index in [-0.39, 0.29) is 6.04 Å². The third kappa shape index (κ3) is 4.83. The van der Waals surface area contributed by atoms with E-state index in [2.05, 4.69) is 23.2 Å². The number of nitrogens with zero attached hydrogens (tertiary/aromatic N) is 1. The van der Waals surface area contributed by atoms with Gasteiger partial charge in [-0.2, -0.15) is 0 Å². The largest absolute Gasteiger partial charge is 0.497 e. The lowest BCUT2D eigenvalue weighted by Gasteiger charge is -2.09. The van der Waals surface area contributed by atoms with Gasteiger partial charge < -0.3 is 10.5 Å². The van der Waals surface area contributed by atoms with Crippen molar-refractivity contribution in [2.75, 3.05) is 7.11 Å². The van der Waals surface area contributed by atoms with E-state index < -0.39 is 0 Å². The van der Waals surface area contributed by atoms with Gasteiger partial charge in [0.1, 0.15) is 5.75 Å². The summed E-state index contributed by atoms with van der Waals surface area (Å²) in [4.78, 5) is 4.53. The highest BCUT2D eigenvalue weighted by Gasteiger charge is 2.04. The number of nitrogens with two attached hydrogens (primary N) is 1. The minimum atomic E-state index is 0.0732. The molecule has 0 fully saturated rings. The van der Waals surface area contributed by atoms with E-state index in [1.807, 2.05) is 43.3 Å². The smallest absolute Gasteiger partial charge is 0.154 e. The Morgan fingerprint density at radius 1 is 1.19 bits per heavy atom. The maximum Gasteiger partial charge on any atom is 0.154 e. The van der Waals surface area contributed by atoms with Gasteiger partial charge in [0.15, 0.2) is 5.17 Å². The standard InChI is InChI=1S/C17H20N2OS/c1-13(15-8-4-3-5-9-15)19-17(18)21-12-14-7-6-10-16(11-14)20-2/h3-11,13H,12H2,1-2H3,(H2,18,19)/t13-/m1/s1. The first-order chi connectivity index (χ1) is 10.2. The van der Waals surface area contributed by atoms with Crippen LogP contribution in [0.5, 0.6) is 5.75 Å². The van der Waals surface area contributed by atoms with Crippen LogP contribution in [-0.2, 0) is 5.75 Å². The molecule has 0 unspecified atom stereocenters. The first-order valence-electron chi connectivity index (χ1n) is 6.83. The van der Waals surface area contributed by atoms with Crippen LogP contribution in [0.1, 0.15) is 24.1 Å². The predicted molar refractivity (Wildman–Crippen MR) is 90.8 cm³/mol. The number of hydrogen-bond donors (Lipinski definition) is 1. The van der Waals surface area contributed by atoms with Crippen LogP contribution in [0.3, 0.4) is 0 Å². The van der Waals surface area contributed by atoms with Crippen molar-refractivity contribution in [3.05, 3.63) is 65.7 Å². The minimum Gasteiger partial charge on any atom is -0.497 e. The van der Waals surface area contributed by atoms with Gasteiger partial charge in [-0.25, -0.2) is 0 Å². The second kappa shape index (κ2) is 7.74. The van der Waals surface area contributed by atoms with Crippen molar-refractivity contribution in [2.45, 2.75) is 18.7 Å². The Morgan fingerprint density at radius 3 is 2.67 bits per heavy atom. The Hall–Kier alpha value is -1.94. The number of thioether (sulfide) groups is 1. The summed E-state index contributed by atoms with van der Waals surface area (Å²) >= 11 is 1.54. The SMILES string of the molecule is COc1cccc(CSC(N)=N[C@H](C)c2ccccc2)c1. The third-order valence-electron chi connectivity index (χ3n) is 3.12. The Bertz CT molecular complexity index is 599. The van der Waals surface area contributed by atoms with Gasteiger partial charge in [0.2, 0.25) is 0 Å². The molecule has 2 rings (SSSR count). The van der Waals surface area contributed by atoms with Gasteiger partial charge in [-0.05, 0) is 30.2 Å². The molecular formula is C17H20N2OS. The maximum absolute atomic E-state index is 6.01. The number of amidine groups is 1.